The van der Waals surface area contributed by atoms with Gasteiger partial charge in [-0.2, -0.15) is 0 Å². The number of anilines is 1. The number of fused-ring (bicyclic) bond motifs is 1. The Morgan fingerprint density at radius 3 is 2.71 bits per heavy atom. The molecule has 2 rings (SSSR count). The van der Waals surface area contributed by atoms with Crippen LogP contribution in [0.4, 0.5) is 5.69 Å². The molecule has 0 radical (unpaired) electrons. The second-order valence-electron chi connectivity index (χ2n) is 5.41. The van der Waals surface area contributed by atoms with E-state index in [1.165, 1.54) is 0 Å². The average molecular weight is 249 g/mol. The summed E-state index contributed by atoms with van der Waals surface area (Å²) in [7, 11) is 0. The first-order valence-electron chi connectivity index (χ1n) is 5.74. The van der Waals surface area contributed by atoms with Crippen LogP contribution in [0.1, 0.15) is 20.8 Å². The minimum absolute atomic E-state index is 0.244. The van der Waals surface area contributed by atoms with E-state index in [9.17, 15) is 0 Å². The first-order chi connectivity index (χ1) is 7.97. The molecule has 2 nitrogen and oxygen atoms in total. The van der Waals surface area contributed by atoms with Crippen LogP contribution in [0.25, 0.3) is 10.9 Å². The molecule has 0 aliphatic rings. The van der Waals surface area contributed by atoms with Crippen molar-refractivity contribution >= 4 is 28.2 Å². The van der Waals surface area contributed by atoms with Gasteiger partial charge in [-0.05, 0) is 29.7 Å². The maximum absolute atomic E-state index is 6.13. The Labute approximate surface area is 107 Å². The number of nitrogens with zero attached hydrogens (tertiary/aromatic N) is 1. The Kier molecular flexibility index (Phi) is 3.25. The summed E-state index contributed by atoms with van der Waals surface area (Å²) in [6.07, 6.45) is 1.77. The van der Waals surface area contributed by atoms with Crippen LogP contribution in [0.15, 0.2) is 30.5 Å². The van der Waals surface area contributed by atoms with Gasteiger partial charge in [0.2, 0.25) is 0 Å². The SMILES string of the molecule is CC(C)(C)CNc1ccc(Cl)c2ncccc12. The zero-order valence-corrected chi connectivity index (χ0v) is 11.2. The molecule has 0 saturated carbocycles. The molecule has 0 atom stereocenters. The van der Waals surface area contributed by atoms with E-state index >= 15 is 0 Å². The highest BCUT2D eigenvalue weighted by molar-refractivity contribution is 6.35. The first kappa shape index (κ1) is 12.2. The van der Waals surface area contributed by atoms with Crippen LogP contribution in [-0.4, -0.2) is 11.5 Å². The van der Waals surface area contributed by atoms with Crippen molar-refractivity contribution in [2.75, 3.05) is 11.9 Å². The van der Waals surface area contributed by atoms with Crippen LogP contribution in [0.3, 0.4) is 0 Å². The molecule has 1 N–H and O–H groups in total. The second-order valence-corrected chi connectivity index (χ2v) is 5.82. The zero-order valence-electron chi connectivity index (χ0n) is 10.4. The maximum Gasteiger partial charge on any atom is 0.0908 e. The second kappa shape index (κ2) is 4.53. The molecule has 0 fully saturated rings. The zero-order chi connectivity index (χ0) is 12.5. The Balaban J connectivity index is 2.38. The molecule has 0 unspecified atom stereocenters. The molecular weight excluding hydrogens is 232 g/mol. The van der Waals surface area contributed by atoms with E-state index in [-0.39, 0.29) is 5.41 Å². The quantitative estimate of drug-likeness (QED) is 0.855. The summed E-state index contributed by atoms with van der Waals surface area (Å²) in [5, 5.41) is 5.23. The smallest absolute Gasteiger partial charge is 0.0908 e. The standard InChI is InChI=1S/C14H17ClN2/c1-14(2,3)9-17-12-7-6-11(15)13-10(12)5-4-8-16-13/h4-8,17H,9H2,1-3H3. The number of halogens is 1. The molecule has 90 valence electrons. The topological polar surface area (TPSA) is 24.9 Å². The van der Waals surface area contributed by atoms with Crippen molar-refractivity contribution in [1.29, 1.82) is 0 Å². The van der Waals surface area contributed by atoms with Crippen LogP contribution in [0.5, 0.6) is 0 Å². The number of rotatable bonds is 2. The van der Waals surface area contributed by atoms with E-state index in [0.29, 0.717) is 5.02 Å². The van der Waals surface area contributed by atoms with Crippen molar-refractivity contribution in [1.82, 2.24) is 4.98 Å². The molecule has 3 heteroatoms. The normalized spacial score (nSPS) is 11.8. The largest absolute Gasteiger partial charge is 0.384 e. The predicted molar refractivity (Wildman–Crippen MR) is 74.7 cm³/mol. The van der Waals surface area contributed by atoms with Crippen LogP contribution in [0, 0.1) is 5.41 Å². The van der Waals surface area contributed by atoms with Gasteiger partial charge in [0.05, 0.1) is 10.5 Å². The van der Waals surface area contributed by atoms with Crippen molar-refractivity contribution in [3.05, 3.63) is 35.5 Å². The number of pyridine rings is 1. The van der Waals surface area contributed by atoms with Crippen molar-refractivity contribution in [3.63, 3.8) is 0 Å². The molecule has 1 aromatic carbocycles. The summed E-state index contributed by atoms with van der Waals surface area (Å²) in [6, 6.07) is 7.88. The third-order valence-electron chi connectivity index (χ3n) is 2.53. The number of nitrogens with one attached hydrogen (secondary N) is 1. The highest BCUT2D eigenvalue weighted by Crippen LogP contribution is 2.28. The molecule has 0 spiro atoms. The third kappa shape index (κ3) is 2.89. The van der Waals surface area contributed by atoms with Gasteiger partial charge in [0, 0.05) is 23.8 Å². The fourth-order valence-electron chi connectivity index (χ4n) is 1.65. The molecule has 0 aliphatic heterocycles. The lowest BCUT2D eigenvalue weighted by atomic mass is 9.97. The lowest BCUT2D eigenvalue weighted by molar-refractivity contribution is 0.443. The van der Waals surface area contributed by atoms with Crippen molar-refractivity contribution < 1.29 is 0 Å². The van der Waals surface area contributed by atoms with Crippen LogP contribution < -0.4 is 5.32 Å². The first-order valence-corrected chi connectivity index (χ1v) is 6.12. The van der Waals surface area contributed by atoms with E-state index in [2.05, 4.69) is 31.1 Å². The van der Waals surface area contributed by atoms with Gasteiger partial charge < -0.3 is 5.32 Å². The van der Waals surface area contributed by atoms with Crippen LogP contribution in [-0.2, 0) is 0 Å². The summed E-state index contributed by atoms with van der Waals surface area (Å²) in [4.78, 5) is 4.31. The molecular formula is C14H17ClN2. The predicted octanol–water partition coefficient (Wildman–Crippen LogP) is 4.35. The third-order valence-corrected chi connectivity index (χ3v) is 2.83. The molecule has 0 bridgehead atoms. The number of aromatic nitrogens is 1. The minimum Gasteiger partial charge on any atom is -0.384 e. The van der Waals surface area contributed by atoms with Gasteiger partial charge in [-0.3, -0.25) is 4.98 Å². The summed E-state index contributed by atoms with van der Waals surface area (Å²) in [6.45, 7) is 7.53. The number of hydrogen-bond acceptors (Lipinski definition) is 2. The van der Waals surface area contributed by atoms with Gasteiger partial charge in [0.1, 0.15) is 0 Å². The average Bonchev–Trinajstić information content (AvgIpc) is 2.27. The van der Waals surface area contributed by atoms with Crippen molar-refractivity contribution in [2.45, 2.75) is 20.8 Å². The minimum atomic E-state index is 0.244. The number of hydrogen-bond donors (Lipinski definition) is 1. The van der Waals surface area contributed by atoms with Gasteiger partial charge in [0.15, 0.2) is 0 Å². The Bertz CT molecular complexity index is 529. The fourth-order valence-corrected chi connectivity index (χ4v) is 1.87. The lowest BCUT2D eigenvalue weighted by Gasteiger charge is -2.20. The highest BCUT2D eigenvalue weighted by Gasteiger charge is 2.11. The molecule has 17 heavy (non-hydrogen) atoms. The van der Waals surface area contributed by atoms with Gasteiger partial charge in [-0.1, -0.05) is 32.4 Å². The van der Waals surface area contributed by atoms with Gasteiger partial charge in [0.25, 0.3) is 0 Å². The Hall–Kier alpha value is -1.28. The molecule has 0 amide bonds. The Morgan fingerprint density at radius 1 is 1.24 bits per heavy atom. The van der Waals surface area contributed by atoms with Crippen molar-refractivity contribution in [2.24, 2.45) is 5.41 Å². The Morgan fingerprint density at radius 2 is 2.00 bits per heavy atom. The fraction of sp³-hybridized carbons (Fsp3) is 0.357. The summed E-state index contributed by atoms with van der Waals surface area (Å²) < 4.78 is 0. The lowest BCUT2D eigenvalue weighted by Crippen LogP contribution is -2.19. The molecule has 1 aromatic heterocycles. The monoisotopic (exact) mass is 248 g/mol. The van der Waals surface area contributed by atoms with E-state index < -0.39 is 0 Å². The van der Waals surface area contributed by atoms with Gasteiger partial charge in [-0.25, -0.2) is 0 Å². The molecule has 0 aliphatic carbocycles. The molecule has 1 heterocycles. The van der Waals surface area contributed by atoms with Gasteiger partial charge >= 0.3 is 0 Å². The highest BCUT2D eigenvalue weighted by atomic mass is 35.5. The van der Waals surface area contributed by atoms with Crippen LogP contribution >= 0.6 is 11.6 Å². The molecule has 2 aromatic rings. The van der Waals surface area contributed by atoms with E-state index in [1.54, 1.807) is 6.20 Å². The van der Waals surface area contributed by atoms with Crippen LogP contribution in [0.2, 0.25) is 5.02 Å². The van der Waals surface area contributed by atoms with E-state index in [4.69, 9.17) is 11.6 Å². The summed E-state index contributed by atoms with van der Waals surface area (Å²) >= 11 is 6.13. The maximum atomic E-state index is 6.13. The summed E-state index contributed by atoms with van der Waals surface area (Å²) in [5.41, 5.74) is 2.19. The van der Waals surface area contributed by atoms with E-state index in [0.717, 1.165) is 23.1 Å². The summed E-state index contributed by atoms with van der Waals surface area (Å²) in [5.74, 6) is 0. The van der Waals surface area contributed by atoms with Gasteiger partial charge in [-0.15, -0.1) is 0 Å². The van der Waals surface area contributed by atoms with Crippen molar-refractivity contribution in [3.8, 4) is 0 Å². The molecule has 0 saturated heterocycles. The number of benzene rings is 1. The van der Waals surface area contributed by atoms with E-state index in [1.807, 2.05) is 24.3 Å².